The summed E-state index contributed by atoms with van der Waals surface area (Å²) in [7, 11) is -4.38. The molecule has 0 amide bonds. The molecular formula is C31H43N6O8P. The van der Waals surface area contributed by atoms with Gasteiger partial charge in [-0.05, 0) is 54.0 Å². The number of nitrogens with one attached hydrogen (secondary N) is 1. The largest absolute Gasteiger partial charge is 0.465 e. The second-order valence-corrected chi connectivity index (χ2v) is 15.3. The number of aliphatic hydroxyl groups excluding tert-OH is 2. The molecule has 2 aromatic heterocycles. The summed E-state index contributed by atoms with van der Waals surface area (Å²) < 4.78 is 38.3. The fraction of sp³-hybridized carbons (Fsp3) is 0.548. The molecule has 250 valence electrons. The van der Waals surface area contributed by atoms with Gasteiger partial charge in [-0.1, -0.05) is 53.7 Å². The van der Waals surface area contributed by atoms with Crippen molar-refractivity contribution in [3.05, 3.63) is 54.0 Å². The number of nitrogen functional groups attached to an aromatic ring is 1. The Labute approximate surface area is 268 Å². The Morgan fingerprint density at radius 3 is 2.48 bits per heavy atom. The third-order valence-electron chi connectivity index (χ3n) is 7.64. The van der Waals surface area contributed by atoms with Crippen LogP contribution >= 0.6 is 7.75 Å². The Kier molecular flexibility index (Phi) is 10.2. The number of nitrogens with two attached hydrogens (primary N) is 1. The fourth-order valence-electron chi connectivity index (χ4n) is 4.84. The van der Waals surface area contributed by atoms with E-state index in [1.807, 2.05) is 59.7 Å². The lowest BCUT2D eigenvalue weighted by molar-refractivity contribution is -0.146. The number of aliphatic hydroxyl groups is 2. The summed E-state index contributed by atoms with van der Waals surface area (Å²) in [6.07, 6.45) is -2.96. The normalized spacial score (nSPS) is 23.9. The van der Waals surface area contributed by atoms with Crippen molar-refractivity contribution in [2.75, 3.05) is 18.9 Å². The highest BCUT2D eigenvalue weighted by molar-refractivity contribution is 7.52. The highest BCUT2D eigenvalue weighted by atomic mass is 31.2. The van der Waals surface area contributed by atoms with Crippen LogP contribution in [0.15, 0.2) is 42.7 Å². The molecule has 15 heteroatoms. The van der Waals surface area contributed by atoms with Gasteiger partial charge in [0.1, 0.15) is 48.0 Å². The SMILES string of the molecule is C[C@H](NP(=O)(OC[C@H]1O[C@@](C#N)(c2ccc3c(N)ncnn23)[C@H](O)[C@@H]1O)Oc1ccc(C(C)(C)C)cc1)C(=O)OCCC(C)(C)C. The second kappa shape index (κ2) is 13.3. The molecule has 0 aliphatic carbocycles. The number of carbonyl (C=O) groups is 1. The maximum atomic E-state index is 14.2. The van der Waals surface area contributed by atoms with E-state index in [4.69, 9.17) is 24.3 Å². The first kappa shape index (κ1) is 35.3. The number of anilines is 1. The zero-order valence-electron chi connectivity index (χ0n) is 27.1. The van der Waals surface area contributed by atoms with E-state index in [1.54, 1.807) is 18.2 Å². The average molecular weight is 659 g/mol. The van der Waals surface area contributed by atoms with Gasteiger partial charge in [0.25, 0.3) is 0 Å². The number of fused-ring (bicyclic) bond motifs is 1. The van der Waals surface area contributed by atoms with Crippen molar-refractivity contribution < 1.29 is 38.1 Å². The number of carbonyl (C=O) groups excluding carboxylic acids is 1. The highest BCUT2D eigenvalue weighted by Crippen LogP contribution is 2.47. The lowest BCUT2D eigenvalue weighted by atomic mass is 9.87. The first-order chi connectivity index (χ1) is 21.4. The molecule has 0 radical (unpaired) electrons. The van der Waals surface area contributed by atoms with Crippen LogP contribution in [0.1, 0.15) is 66.1 Å². The predicted octanol–water partition coefficient (Wildman–Crippen LogP) is 3.61. The van der Waals surface area contributed by atoms with Gasteiger partial charge in [-0.3, -0.25) is 9.32 Å². The van der Waals surface area contributed by atoms with Gasteiger partial charge < -0.3 is 29.9 Å². The van der Waals surface area contributed by atoms with Crippen molar-refractivity contribution in [2.24, 2.45) is 5.41 Å². The predicted molar refractivity (Wildman–Crippen MR) is 169 cm³/mol. The molecule has 0 bridgehead atoms. The van der Waals surface area contributed by atoms with Gasteiger partial charge in [-0.15, -0.1) is 0 Å². The van der Waals surface area contributed by atoms with Crippen molar-refractivity contribution in [1.82, 2.24) is 19.7 Å². The topological polar surface area (TPSA) is 204 Å². The van der Waals surface area contributed by atoms with Crippen LogP contribution < -0.4 is 15.3 Å². The smallest absolute Gasteiger partial charge is 0.459 e. The van der Waals surface area contributed by atoms with Crippen molar-refractivity contribution in [3.8, 4) is 11.8 Å². The molecule has 1 aliphatic heterocycles. The maximum Gasteiger partial charge on any atom is 0.459 e. The molecule has 46 heavy (non-hydrogen) atoms. The molecule has 1 fully saturated rings. The van der Waals surface area contributed by atoms with E-state index in [2.05, 4.69) is 15.2 Å². The first-order valence-electron chi connectivity index (χ1n) is 14.9. The molecule has 14 nitrogen and oxygen atoms in total. The highest BCUT2D eigenvalue weighted by Gasteiger charge is 2.58. The van der Waals surface area contributed by atoms with E-state index in [0.717, 1.165) is 5.56 Å². The summed E-state index contributed by atoms with van der Waals surface area (Å²) in [5.74, 6) is -0.349. The minimum absolute atomic E-state index is 0.0598. The molecule has 0 spiro atoms. The van der Waals surface area contributed by atoms with Gasteiger partial charge >= 0.3 is 13.7 Å². The Morgan fingerprint density at radius 2 is 1.87 bits per heavy atom. The van der Waals surface area contributed by atoms with Crippen molar-refractivity contribution >= 4 is 25.1 Å². The summed E-state index contributed by atoms with van der Waals surface area (Å²) in [5, 5.41) is 39.0. The van der Waals surface area contributed by atoms with E-state index in [1.165, 1.54) is 23.8 Å². The number of nitriles is 1. The number of nitrogens with zero attached hydrogens (tertiary/aromatic N) is 4. The van der Waals surface area contributed by atoms with Crippen LogP contribution in [0, 0.1) is 16.7 Å². The van der Waals surface area contributed by atoms with E-state index >= 15 is 0 Å². The van der Waals surface area contributed by atoms with Crippen LogP contribution in [0.4, 0.5) is 5.82 Å². The van der Waals surface area contributed by atoms with Crippen molar-refractivity contribution in [3.63, 3.8) is 0 Å². The first-order valence-corrected chi connectivity index (χ1v) is 16.5. The fourth-order valence-corrected chi connectivity index (χ4v) is 6.34. The van der Waals surface area contributed by atoms with Crippen LogP contribution in [-0.4, -0.2) is 68.3 Å². The van der Waals surface area contributed by atoms with E-state index in [0.29, 0.717) is 11.9 Å². The Hall–Kier alpha value is -3.57. The molecule has 1 unspecified atom stereocenters. The number of hydrogen-bond acceptors (Lipinski definition) is 12. The minimum atomic E-state index is -4.38. The van der Waals surface area contributed by atoms with Gasteiger partial charge in [0.15, 0.2) is 5.82 Å². The molecule has 3 heterocycles. The second-order valence-electron chi connectivity index (χ2n) is 13.6. The molecule has 1 saturated heterocycles. The van der Waals surface area contributed by atoms with Gasteiger partial charge in [-0.2, -0.15) is 15.4 Å². The number of aromatic nitrogens is 3. The molecule has 1 aliphatic rings. The number of esters is 1. The molecule has 5 N–H and O–H groups in total. The van der Waals surface area contributed by atoms with E-state index in [9.17, 15) is 24.8 Å². The lowest BCUT2D eigenvalue weighted by Gasteiger charge is -2.26. The Morgan fingerprint density at radius 1 is 1.20 bits per heavy atom. The van der Waals surface area contributed by atoms with Gasteiger partial charge in [0, 0.05) is 0 Å². The lowest BCUT2D eigenvalue weighted by Crippen LogP contribution is -2.41. The molecule has 6 atom stereocenters. The third kappa shape index (κ3) is 7.69. The van der Waals surface area contributed by atoms with Gasteiger partial charge in [-0.25, -0.2) is 14.1 Å². The monoisotopic (exact) mass is 658 g/mol. The molecular weight excluding hydrogens is 615 g/mol. The molecule has 1 aromatic carbocycles. The summed E-state index contributed by atoms with van der Waals surface area (Å²) in [6.45, 7) is 13.2. The third-order valence-corrected chi connectivity index (χ3v) is 9.29. The van der Waals surface area contributed by atoms with Crippen molar-refractivity contribution in [2.45, 2.75) is 90.3 Å². The zero-order chi connectivity index (χ0) is 34.1. The summed E-state index contributed by atoms with van der Waals surface area (Å²) >= 11 is 0. The summed E-state index contributed by atoms with van der Waals surface area (Å²) in [6, 6.07) is 10.8. The molecule has 3 aromatic rings. The zero-order valence-corrected chi connectivity index (χ0v) is 28.0. The van der Waals surface area contributed by atoms with Crippen LogP contribution in [0.3, 0.4) is 0 Å². The van der Waals surface area contributed by atoms with Crippen LogP contribution in [0.25, 0.3) is 5.52 Å². The van der Waals surface area contributed by atoms with Crippen LogP contribution in [0.5, 0.6) is 5.75 Å². The summed E-state index contributed by atoms with van der Waals surface area (Å²) in [5.41, 5.74) is 5.09. The average Bonchev–Trinajstić information content (AvgIpc) is 3.51. The number of rotatable bonds is 11. The number of ether oxygens (including phenoxy) is 2. The van der Waals surface area contributed by atoms with Gasteiger partial charge in [0.2, 0.25) is 5.60 Å². The van der Waals surface area contributed by atoms with Crippen molar-refractivity contribution in [1.29, 1.82) is 5.26 Å². The molecule has 4 rings (SSSR count). The van der Waals surface area contributed by atoms with E-state index in [-0.39, 0.29) is 34.7 Å². The van der Waals surface area contributed by atoms with Crippen LogP contribution in [-0.2, 0) is 34.4 Å². The standard InChI is InChI=1S/C31H43N6O8P/c1-19(28(40)42-15-14-29(2,3)4)36-46(41,45-21-10-8-20(9-11-21)30(5,6)7)43-16-23-25(38)26(39)31(17-32,44-23)24-13-12-22-27(33)34-18-35-37(22)24/h8-13,18-19,23,25-26,38-39H,14-16H2,1-7H3,(H,36,41)(H2,33,34,35)/t19-,23+,25+,26+,31-,46?/m0/s1. The minimum Gasteiger partial charge on any atom is -0.465 e. The Bertz CT molecular complexity index is 1630. The number of hydrogen-bond donors (Lipinski definition) is 4. The quantitative estimate of drug-likeness (QED) is 0.172. The van der Waals surface area contributed by atoms with E-state index < -0.39 is 50.3 Å². The maximum absolute atomic E-state index is 14.2. The van der Waals surface area contributed by atoms with Crippen LogP contribution in [0.2, 0.25) is 0 Å². The van der Waals surface area contributed by atoms with Gasteiger partial charge in [0.05, 0.1) is 18.9 Å². The molecule has 0 saturated carbocycles. The number of benzene rings is 1. The Balaban J connectivity index is 1.56. The summed E-state index contributed by atoms with van der Waals surface area (Å²) in [4.78, 5) is 16.7.